The first kappa shape index (κ1) is 16.6. The Balaban J connectivity index is 0.00000161. The first-order valence-corrected chi connectivity index (χ1v) is 7.92. The van der Waals surface area contributed by atoms with E-state index >= 15 is 0 Å². The highest BCUT2D eigenvalue weighted by Gasteiger charge is 2.17. The molecule has 1 aromatic heterocycles. The van der Waals surface area contributed by atoms with Gasteiger partial charge in [0.25, 0.3) is 0 Å². The van der Waals surface area contributed by atoms with Crippen molar-refractivity contribution in [3.05, 3.63) is 18.0 Å². The first-order valence-electron chi connectivity index (χ1n) is 7.92. The summed E-state index contributed by atoms with van der Waals surface area (Å²) < 4.78 is 2.12. The quantitative estimate of drug-likeness (QED) is 0.480. The molecule has 1 aromatic rings. The van der Waals surface area contributed by atoms with Crippen molar-refractivity contribution in [1.82, 2.24) is 14.7 Å². The highest BCUT2D eigenvalue weighted by atomic mass is 127. The van der Waals surface area contributed by atoms with Crippen LogP contribution in [0.1, 0.15) is 56.7 Å². The maximum atomic E-state index is 6.07. The smallest absolute Gasteiger partial charge is 0.191 e. The summed E-state index contributed by atoms with van der Waals surface area (Å²) >= 11 is 0. The van der Waals surface area contributed by atoms with E-state index < -0.39 is 0 Å². The second-order valence-electron chi connectivity index (χ2n) is 5.95. The third-order valence-corrected chi connectivity index (χ3v) is 4.45. The molecule has 2 fully saturated rings. The molecule has 0 amide bonds. The van der Waals surface area contributed by atoms with Crippen LogP contribution in [0.3, 0.4) is 0 Å². The zero-order chi connectivity index (χ0) is 13.8. The van der Waals surface area contributed by atoms with E-state index in [0.29, 0.717) is 18.5 Å². The Morgan fingerprint density at radius 1 is 1.19 bits per heavy atom. The number of aromatic nitrogens is 2. The van der Waals surface area contributed by atoms with E-state index in [1.807, 2.05) is 0 Å². The van der Waals surface area contributed by atoms with Crippen LogP contribution >= 0.6 is 24.0 Å². The van der Waals surface area contributed by atoms with Crippen LogP contribution in [0.15, 0.2) is 17.3 Å². The lowest BCUT2D eigenvalue weighted by Gasteiger charge is -2.27. The molecule has 1 saturated heterocycles. The van der Waals surface area contributed by atoms with Gasteiger partial charge in [-0.25, -0.2) is 4.99 Å². The van der Waals surface area contributed by atoms with Crippen LogP contribution in [0.4, 0.5) is 0 Å². The fourth-order valence-electron chi connectivity index (χ4n) is 3.22. The molecule has 1 aliphatic carbocycles. The molecule has 3 rings (SSSR count). The normalized spacial score (nSPS) is 20.6. The molecule has 1 saturated carbocycles. The molecule has 2 heterocycles. The number of hydrogen-bond acceptors (Lipinski definition) is 2. The molecule has 6 heteroatoms. The monoisotopic (exact) mass is 403 g/mol. The Morgan fingerprint density at radius 2 is 1.90 bits per heavy atom. The summed E-state index contributed by atoms with van der Waals surface area (Å²) in [6, 6.07) is 2.68. The van der Waals surface area contributed by atoms with Gasteiger partial charge < -0.3 is 10.6 Å². The maximum absolute atomic E-state index is 6.07. The fraction of sp³-hybridized carbons (Fsp3) is 0.733. The van der Waals surface area contributed by atoms with Gasteiger partial charge in [0.15, 0.2) is 5.96 Å². The number of nitrogens with zero attached hydrogens (tertiary/aromatic N) is 4. The number of piperidine rings is 1. The van der Waals surface area contributed by atoms with Gasteiger partial charge in [-0.2, -0.15) is 5.10 Å². The summed E-state index contributed by atoms with van der Waals surface area (Å²) in [5, 5.41) is 4.64. The van der Waals surface area contributed by atoms with Crippen LogP contribution in [-0.4, -0.2) is 33.7 Å². The molecule has 0 spiro atoms. The number of halogens is 1. The Morgan fingerprint density at radius 3 is 2.62 bits per heavy atom. The Labute approximate surface area is 144 Å². The van der Waals surface area contributed by atoms with Crippen molar-refractivity contribution >= 4 is 29.9 Å². The molecule has 0 aromatic carbocycles. The molecule has 0 unspecified atom stereocenters. The van der Waals surface area contributed by atoms with Gasteiger partial charge in [0.2, 0.25) is 0 Å². The van der Waals surface area contributed by atoms with Gasteiger partial charge in [-0.3, -0.25) is 4.68 Å². The van der Waals surface area contributed by atoms with Crippen molar-refractivity contribution in [3.63, 3.8) is 0 Å². The van der Waals surface area contributed by atoms with Crippen molar-refractivity contribution in [1.29, 1.82) is 0 Å². The van der Waals surface area contributed by atoms with Gasteiger partial charge >= 0.3 is 0 Å². The Bertz CT molecular complexity index is 458. The minimum absolute atomic E-state index is 0. The van der Waals surface area contributed by atoms with E-state index in [-0.39, 0.29) is 24.0 Å². The van der Waals surface area contributed by atoms with Gasteiger partial charge in [0, 0.05) is 19.3 Å². The van der Waals surface area contributed by atoms with E-state index in [2.05, 4.69) is 31.9 Å². The fourth-order valence-corrected chi connectivity index (χ4v) is 3.22. The van der Waals surface area contributed by atoms with Crippen molar-refractivity contribution in [3.8, 4) is 0 Å². The molecule has 1 aliphatic heterocycles. The topological polar surface area (TPSA) is 59.4 Å². The largest absolute Gasteiger partial charge is 0.370 e. The van der Waals surface area contributed by atoms with Crippen molar-refractivity contribution in [2.45, 2.75) is 57.5 Å². The second-order valence-corrected chi connectivity index (χ2v) is 5.95. The molecule has 0 atom stereocenters. The Hall–Kier alpha value is -0.790. The molecule has 2 aliphatic rings. The van der Waals surface area contributed by atoms with E-state index in [1.54, 1.807) is 0 Å². The van der Waals surface area contributed by atoms with Crippen LogP contribution in [-0.2, 0) is 6.54 Å². The van der Waals surface area contributed by atoms with Crippen molar-refractivity contribution < 1.29 is 0 Å². The van der Waals surface area contributed by atoms with Crippen LogP contribution in [0.25, 0.3) is 0 Å². The van der Waals surface area contributed by atoms with E-state index in [0.717, 1.165) is 18.8 Å². The number of nitrogens with two attached hydrogens (primary N) is 1. The summed E-state index contributed by atoms with van der Waals surface area (Å²) in [6.45, 7) is 2.69. The van der Waals surface area contributed by atoms with Gasteiger partial charge in [0.05, 0.1) is 18.3 Å². The number of hydrogen-bond donors (Lipinski definition) is 1. The molecule has 0 radical (unpaired) electrons. The lowest BCUT2D eigenvalue weighted by atomic mass is 10.1. The van der Waals surface area contributed by atoms with E-state index in [9.17, 15) is 0 Å². The lowest BCUT2D eigenvalue weighted by Crippen LogP contribution is -2.40. The molecule has 2 N–H and O–H groups in total. The third kappa shape index (κ3) is 4.34. The highest BCUT2D eigenvalue weighted by Crippen LogP contribution is 2.28. The predicted octanol–water partition coefficient (Wildman–Crippen LogP) is 2.92. The SMILES string of the molecule is I.NC(=NCc1ccn(C2CCCC2)n1)N1CCCCC1. The number of aliphatic imine (C=N–C) groups is 1. The van der Waals surface area contributed by atoms with Crippen LogP contribution in [0.2, 0.25) is 0 Å². The lowest BCUT2D eigenvalue weighted by molar-refractivity contribution is 0.338. The van der Waals surface area contributed by atoms with Crippen molar-refractivity contribution in [2.24, 2.45) is 10.7 Å². The number of rotatable bonds is 3. The first-order chi connectivity index (χ1) is 9.83. The third-order valence-electron chi connectivity index (χ3n) is 4.45. The molecular weight excluding hydrogens is 377 g/mol. The summed E-state index contributed by atoms with van der Waals surface area (Å²) in [4.78, 5) is 6.69. The Kier molecular flexibility index (Phi) is 6.32. The minimum atomic E-state index is 0. The van der Waals surface area contributed by atoms with Gasteiger partial charge in [0.1, 0.15) is 0 Å². The number of likely N-dealkylation sites (tertiary alicyclic amines) is 1. The summed E-state index contributed by atoms with van der Waals surface area (Å²) in [6.07, 6.45) is 11.1. The average Bonchev–Trinajstić information content (AvgIpc) is 3.16. The average molecular weight is 403 g/mol. The second kappa shape index (κ2) is 8.00. The molecule has 118 valence electrons. The highest BCUT2D eigenvalue weighted by molar-refractivity contribution is 14.0. The summed E-state index contributed by atoms with van der Waals surface area (Å²) in [7, 11) is 0. The number of guanidine groups is 1. The maximum Gasteiger partial charge on any atom is 0.191 e. The predicted molar refractivity (Wildman–Crippen MR) is 95.9 cm³/mol. The van der Waals surface area contributed by atoms with Crippen molar-refractivity contribution in [2.75, 3.05) is 13.1 Å². The minimum Gasteiger partial charge on any atom is -0.370 e. The van der Waals surface area contributed by atoms with Gasteiger partial charge in [-0.15, -0.1) is 24.0 Å². The molecule has 5 nitrogen and oxygen atoms in total. The standard InChI is InChI=1S/C15H25N5.HI/c16-15(19-9-4-1-5-10-19)17-12-13-8-11-20(18-13)14-6-2-3-7-14;/h8,11,14H,1-7,9-10,12H2,(H2,16,17);1H. The molecular formula is C15H26IN5. The van der Waals surface area contributed by atoms with Crippen LogP contribution in [0.5, 0.6) is 0 Å². The van der Waals surface area contributed by atoms with Crippen LogP contribution in [0, 0.1) is 0 Å². The zero-order valence-electron chi connectivity index (χ0n) is 12.6. The van der Waals surface area contributed by atoms with Gasteiger partial charge in [-0.1, -0.05) is 12.8 Å². The van der Waals surface area contributed by atoms with Crippen LogP contribution < -0.4 is 5.73 Å². The molecule has 21 heavy (non-hydrogen) atoms. The van der Waals surface area contributed by atoms with E-state index in [4.69, 9.17) is 5.73 Å². The molecule has 0 bridgehead atoms. The van der Waals surface area contributed by atoms with Gasteiger partial charge in [-0.05, 0) is 38.2 Å². The zero-order valence-corrected chi connectivity index (χ0v) is 14.9. The summed E-state index contributed by atoms with van der Waals surface area (Å²) in [5.41, 5.74) is 7.09. The summed E-state index contributed by atoms with van der Waals surface area (Å²) in [5.74, 6) is 0.681. The van der Waals surface area contributed by atoms with E-state index in [1.165, 1.54) is 44.9 Å².